The highest BCUT2D eigenvalue weighted by molar-refractivity contribution is 5.67. The Morgan fingerprint density at radius 2 is 1.77 bits per heavy atom. The number of carbonyl (C=O) groups excluding carboxylic acids is 1. The molecule has 4 heteroatoms. The van der Waals surface area contributed by atoms with Crippen molar-refractivity contribution in [3.05, 3.63) is 35.4 Å². The number of nitrogens with one attached hydrogen (secondary N) is 2. The molecule has 0 heterocycles. The summed E-state index contributed by atoms with van der Waals surface area (Å²) in [6.45, 7) is 12.7. The molecule has 0 aliphatic heterocycles. The third-order valence-corrected chi connectivity index (χ3v) is 3.37. The van der Waals surface area contributed by atoms with Crippen LogP contribution in [0.1, 0.15) is 58.2 Å². The molecular formula is C18H30N2O2. The summed E-state index contributed by atoms with van der Waals surface area (Å²) in [5.41, 5.74) is 2.09. The van der Waals surface area contributed by atoms with E-state index < -0.39 is 5.60 Å². The highest BCUT2D eigenvalue weighted by Crippen LogP contribution is 2.13. The molecule has 0 aliphatic carbocycles. The van der Waals surface area contributed by atoms with Gasteiger partial charge in [-0.1, -0.05) is 29.8 Å². The Labute approximate surface area is 134 Å². The van der Waals surface area contributed by atoms with Crippen molar-refractivity contribution in [3.63, 3.8) is 0 Å². The van der Waals surface area contributed by atoms with Crippen molar-refractivity contribution >= 4 is 6.09 Å². The Hall–Kier alpha value is -1.55. The molecule has 4 nitrogen and oxygen atoms in total. The van der Waals surface area contributed by atoms with Gasteiger partial charge in [-0.3, -0.25) is 0 Å². The molecule has 1 aromatic rings. The standard InChI is InChI=1S/C18H30N2O2/c1-13-7-9-16(10-8-13)15(3)19-12-11-14(2)20-17(21)22-18(4,5)6/h7-10,14-15,19H,11-12H2,1-6H3,(H,20,21). The number of hydrogen-bond donors (Lipinski definition) is 2. The van der Waals surface area contributed by atoms with Crippen LogP contribution in [-0.4, -0.2) is 24.3 Å². The average Bonchev–Trinajstić information content (AvgIpc) is 2.36. The lowest BCUT2D eigenvalue weighted by Gasteiger charge is -2.22. The van der Waals surface area contributed by atoms with E-state index in [0.29, 0.717) is 6.04 Å². The van der Waals surface area contributed by atoms with Gasteiger partial charge in [0.15, 0.2) is 0 Å². The van der Waals surface area contributed by atoms with Gasteiger partial charge < -0.3 is 15.4 Å². The third-order valence-electron chi connectivity index (χ3n) is 3.37. The van der Waals surface area contributed by atoms with E-state index in [0.717, 1.165) is 13.0 Å². The zero-order chi connectivity index (χ0) is 16.8. The highest BCUT2D eigenvalue weighted by atomic mass is 16.6. The summed E-state index contributed by atoms with van der Waals surface area (Å²) in [7, 11) is 0. The zero-order valence-corrected chi connectivity index (χ0v) is 14.7. The molecule has 0 saturated heterocycles. The quantitative estimate of drug-likeness (QED) is 0.836. The number of carbonyl (C=O) groups is 1. The van der Waals surface area contributed by atoms with Crippen LogP contribution in [0, 0.1) is 6.92 Å². The smallest absolute Gasteiger partial charge is 0.407 e. The summed E-state index contributed by atoms with van der Waals surface area (Å²) >= 11 is 0. The molecule has 0 saturated carbocycles. The Balaban J connectivity index is 2.28. The first-order valence-corrected chi connectivity index (χ1v) is 7.97. The van der Waals surface area contributed by atoms with Gasteiger partial charge in [-0.2, -0.15) is 0 Å². The summed E-state index contributed by atoms with van der Waals surface area (Å²) in [6, 6.07) is 8.92. The maximum absolute atomic E-state index is 11.7. The SMILES string of the molecule is Cc1ccc(C(C)NCCC(C)NC(=O)OC(C)(C)C)cc1. The Morgan fingerprint density at radius 3 is 2.32 bits per heavy atom. The number of alkyl carbamates (subject to hydrolysis) is 1. The Kier molecular flexibility index (Phi) is 6.88. The Bertz CT molecular complexity index is 463. The minimum atomic E-state index is -0.456. The number of benzene rings is 1. The monoisotopic (exact) mass is 306 g/mol. The van der Waals surface area contributed by atoms with Crippen LogP contribution in [0.25, 0.3) is 0 Å². The maximum Gasteiger partial charge on any atom is 0.407 e. The molecule has 1 aromatic carbocycles. The van der Waals surface area contributed by atoms with E-state index in [1.54, 1.807) is 0 Å². The first kappa shape index (κ1) is 18.5. The molecule has 22 heavy (non-hydrogen) atoms. The molecule has 124 valence electrons. The van der Waals surface area contributed by atoms with Crippen molar-refractivity contribution in [2.45, 2.75) is 65.6 Å². The number of ether oxygens (including phenoxy) is 1. The molecule has 0 aromatic heterocycles. The van der Waals surface area contributed by atoms with Crippen molar-refractivity contribution in [2.75, 3.05) is 6.54 Å². The van der Waals surface area contributed by atoms with Gasteiger partial charge >= 0.3 is 6.09 Å². The second-order valence-electron chi connectivity index (χ2n) is 6.92. The summed E-state index contributed by atoms with van der Waals surface area (Å²) in [5.74, 6) is 0. The van der Waals surface area contributed by atoms with Gasteiger partial charge in [0.05, 0.1) is 0 Å². The first-order valence-electron chi connectivity index (χ1n) is 7.97. The number of amides is 1. The largest absolute Gasteiger partial charge is 0.444 e. The summed E-state index contributed by atoms with van der Waals surface area (Å²) in [6.07, 6.45) is 0.502. The summed E-state index contributed by atoms with van der Waals surface area (Å²) < 4.78 is 5.25. The van der Waals surface area contributed by atoms with E-state index in [4.69, 9.17) is 4.74 Å². The van der Waals surface area contributed by atoms with E-state index >= 15 is 0 Å². The molecule has 0 aliphatic rings. The molecule has 0 spiro atoms. The van der Waals surface area contributed by atoms with E-state index in [2.05, 4.69) is 48.7 Å². The lowest BCUT2D eigenvalue weighted by Crippen LogP contribution is -2.39. The molecule has 2 unspecified atom stereocenters. The van der Waals surface area contributed by atoms with Crippen LogP contribution in [0.2, 0.25) is 0 Å². The Morgan fingerprint density at radius 1 is 1.18 bits per heavy atom. The molecule has 0 bridgehead atoms. The zero-order valence-electron chi connectivity index (χ0n) is 14.7. The molecule has 0 fully saturated rings. The minimum Gasteiger partial charge on any atom is -0.444 e. The van der Waals surface area contributed by atoms with Crippen LogP contribution in [0.4, 0.5) is 4.79 Å². The van der Waals surface area contributed by atoms with E-state index in [1.807, 2.05) is 27.7 Å². The van der Waals surface area contributed by atoms with Crippen molar-refractivity contribution in [1.82, 2.24) is 10.6 Å². The normalized spacial score (nSPS) is 14.3. The number of hydrogen-bond acceptors (Lipinski definition) is 3. The van der Waals surface area contributed by atoms with E-state index in [-0.39, 0.29) is 12.1 Å². The lowest BCUT2D eigenvalue weighted by atomic mass is 10.1. The lowest BCUT2D eigenvalue weighted by molar-refractivity contribution is 0.0506. The van der Waals surface area contributed by atoms with Gasteiger partial charge in [0.1, 0.15) is 5.60 Å². The van der Waals surface area contributed by atoms with Crippen molar-refractivity contribution in [2.24, 2.45) is 0 Å². The second-order valence-corrected chi connectivity index (χ2v) is 6.92. The van der Waals surface area contributed by atoms with Crippen LogP contribution in [-0.2, 0) is 4.74 Å². The molecule has 2 atom stereocenters. The number of rotatable bonds is 6. The molecule has 0 radical (unpaired) electrons. The summed E-state index contributed by atoms with van der Waals surface area (Å²) in [5, 5.41) is 6.33. The third kappa shape index (κ3) is 7.46. The fraction of sp³-hybridized carbons (Fsp3) is 0.611. The van der Waals surface area contributed by atoms with E-state index in [9.17, 15) is 4.79 Å². The van der Waals surface area contributed by atoms with Gasteiger partial charge in [-0.05, 0) is 60.1 Å². The van der Waals surface area contributed by atoms with Crippen LogP contribution < -0.4 is 10.6 Å². The van der Waals surface area contributed by atoms with Gasteiger partial charge in [-0.25, -0.2) is 4.79 Å². The molecule has 1 rings (SSSR count). The molecule has 2 N–H and O–H groups in total. The van der Waals surface area contributed by atoms with Gasteiger partial charge in [0, 0.05) is 12.1 Å². The second kappa shape index (κ2) is 8.18. The van der Waals surface area contributed by atoms with Crippen LogP contribution in [0.15, 0.2) is 24.3 Å². The summed E-state index contributed by atoms with van der Waals surface area (Å²) in [4.78, 5) is 11.7. The van der Waals surface area contributed by atoms with Gasteiger partial charge in [0.2, 0.25) is 0 Å². The van der Waals surface area contributed by atoms with Crippen molar-refractivity contribution in [3.8, 4) is 0 Å². The predicted octanol–water partition coefficient (Wildman–Crippen LogP) is 3.95. The highest BCUT2D eigenvalue weighted by Gasteiger charge is 2.17. The maximum atomic E-state index is 11.7. The van der Waals surface area contributed by atoms with Gasteiger partial charge in [-0.15, -0.1) is 0 Å². The van der Waals surface area contributed by atoms with Crippen molar-refractivity contribution < 1.29 is 9.53 Å². The van der Waals surface area contributed by atoms with Gasteiger partial charge in [0.25, 0.3) is 0 Å². The predicted molar refractivity (Wildman–Crippen MR) is 91.0 cm³/mol. The van der Waals surface area contributed by atoms with Crippen LogP contribution >= 0.6 is 0 Å². The fourth-order valence-corrected chi connectivity index (χ4v) is 2.07. The van der Waals surface area contributed by atoms with Crippen LogP contribution in [0.3, 0.4) is 0 Å². The topological polar surface area (TPSA) is 50.4 Å². The molecular weight excluding hydrogens is 276 g/mol. The number of aryl methyl sites for hydroxylation is 1. The van der Waals surface area contributed by atoms with Crippen molar-refractivity contribution in [1.29, 1.82) is 0 Å². The fourth-order valence-electron chi connectivity index (χ4n) is 2.07. The first-order chi connectivity index (χ1) is 10.2. The molecule has 1 amide bonds. The average molecular weight is 306 g/mol. The van der Waals surface area contributed by atoms with Crippen LogP contribution in [0.5, 0.6) is 0 Å². The minimum absolute atomic E-state index is 0.0765. The van der Waals surface area contributed by atoms with E-state index in [1.165, 1.54) is 11.1 Å².